The monoisotopic (exact) mass is 234 g/mol. The van der Waals surface area contributed by atoms with Gasteiger partial charge in [-0.3, -0.25) is 4.79 Å². The largest absolute Gasteiger partial charge is 0.489 e. The Morgan fingerprint density at radius 3 is 2.82 bits per heavy atom. The number of rotatable bonds is 3. The van der Waals surface area contributed by atoms with Crippen LogP contribution < -0.4 is 4.74 Å². The van der Waals surface area contributed by atoms with E-state index >= 15 is 0 Å². The molecule has 2 rings (SSSR count). The number of carbonyl (C=O) groups is 1. The fourth-order valence-electron chi connectivity index (χ4n) is 2.16. The normalized spacial score (nSPS) is 19.7. The Kier molecular flexibility index (Phi) is 3.20. The van der Waals surface area contributed by atoms with Gasteiger partial charge in [-0.05, 0) is 18.6 Å². The number of ether oxygens (including phenoxy) is 1. The summed E-state index contributed by atoms with van der Waals surface area (Å²) in [6.45, 7) is 4.16. The third-order valence-electron chi connectivity index (χ3n) is 3.46. The Labute approximate surface area is 101 Å². The van der Waals surface area contributed by atoms with Crippen molar-refractivity contribution in [2.45, 2.75) is 32.8 Å². The van der Waals surface area contributed by atoms with Gasteiger partial charge >= 0.3 is 0 Å². The fraction of sp³-hybridized carbons (Fsp3) is 0.500. The first-order valence-electron chi connectivity index (χ1n) is 5.94. The van der Waals surface area contributed by atoms with Crippen molar-refractivity contribution in [2.75, 3.05) is 6.61 Å². The van der Waals surface area contributed by atoms with Gasteiger partial charge < -0.3 is 9.84 Å². The molecule has 0 amide bonds. The highest BCUT2D eigenvalue weighted by Crippen LogP contribution is 2.36. The first-order valence-corrected chi connectivity index (χ1v) is 5.94. The Morgan fingerprint density at radius 1 is 1.41 bits per heavy atom. The number of para-hydroxylation sites is 1. The van der Waals surface area contributed by atoms with E-state index in [0.717, 1.165) is 0 Å². The summed E-state index contributed by atoms with van der Waals surface area (Å²) in [6.07, 6.45) is 0.869. The number of hydrogen-bond acceptors (Lipinski definition) is 3. The maximum Gasteiger partial charge on any atom is 0.170 e. The summed E-state index contributed by atoms with van der Waals surface area (Å²) in [5.41, 5.74) is 0.473. The van der Waals surface area contributed by atoms with Crippen molar-refractivity contribution in [3.63, 3.8) is 0 Å². The maximum atomic E-state index is 12.0. The van der Waals surface area contributed by atoms with Gasteiger partial charge in [0.1, 0.15) is 11.9 Å². The summed E-state index contributed by atoms with van der Waals surface area (Å²) in [4.78, 5) is 12.0. The van der Waals surface area contributed by atoms with Gasteiger partial charge in [0, 0.05) is 18.4 Å². The zero-order valence-electron chi connectivity index (χ0n) is 10.3. The summed E-state index contributed by atoms with van der Waals surface area (Å²) in [7, 11) is 0. The molecule has 0 saturated heterocycles. The second kappa shape index (κ2) is 4.49. The Balaban J connectivity index is 2.25. The lowest BCUT2D eigenvalue weighted by molar-refractivity contribution is 0.0338. The molecule has 1 heterocycles. The van der Waals surface area contributed by atoms with Crippen LogP contribution in [0.25, 0.3) is 0 Å². The molecule has 0 radical (unpaired) electrons. The van der Waals surface area contributed by atoms with Crippen LogP contribution in [-0.4, -0.2) is 23.6 Å². The quantitative estimate of drug-likeness (QED) is 0.873. The first kappa shape index (κ1) is 12.1. The average molecular weight is 234 g/mol. The molecule has 17 heavy (non-hydrogen) atoms. The van der Waals surface area contributed by atoms with E-state index in [1.54, 1.807) is 6.07 Å². The van der Waals surface area contributed by atoms with Gasteiger partial charge in [-0.2, -0.15) is 0 Å². The first-order chi connectivity index (χ1) is 8.04. The van der Waals surface area contributed by atoms with Crippen LogP contribution in [0.3, 0.4) is 0 Å². The van der Waals surface area contributed by atoms with E-state index in [1.165, 1.54) is 0 Å². The summed E-state index contributed by atoms with van der Waals surface area (Å²) >= 11 is 0. The topological polar surface area (TPSA) is 46.5 Å². The lowest BCUT2D eigenvalue weighted by atomic mass is 9.79. The highest BCUT2D eigenvalue weighted by molar-refractivity contribution is 5.99. The van der Waals surface area contributed by atoms with Crippen molar-refractivity contribution < 1.29 is 14.6 Å². The smallest absolute Gasteiger partial charge is 0.170 e. The van der Waals surface area contributed by atoms with Crippen LogP contribution in [0.15, 0.2) is 24.3 Å². The Bertz CT molecular complexity index is 423. The molecule has 0 aliphatic carbocycles. The number of fused-ring (bicyclic) bond motifs is 1. The molecule has 0 bridgehead atoms. The predicted molar refractivity (Wildman–Crippen MR) is 65.3 cm³/mol. The molecule has 1 N–H and O–H groups in total. The van der Waals surface area contributed by atoms with E-state index in [2.05, 4.69) is 0 Å². The van der Waals surface area contributed by atoms with Crippen molar-refractivity contribution in [3.8, 4) is 5.75 Å². The lowest BCUT2D eigenvalue weighted by Gasteiger charge is -2.36. The molecular formula is C14H18O3. The van der Waals surface area contributed by atoms with Gasteiger partial charge in [-0.15, -0.1) is 0 Å². The van der Waals surface area contributed by atoms with Crippen molar-refractivity contribution in [1.82, 2.24) is 0 Å². The Morgan fingerprint density at radius 2 is 2.12 bits per heavy atom. The zero-order valence-corrected chi connectivity index (χ0v) is 10.3. The van der Waals surface area contributed by atoms with Gasteiger partial charge in [-0.25, -0.2) is 0 Å². The van der Waals surface area contributed by atoms with E-state index < -0.39 is 0 Å². The standard InChI is InChI=1S/C14H18O3/c1-14(2,7-8-15)13-9-11(16)10-5-3-4-6-12(10)17-13/h3-6,13,15H,7-9H2,1-2H3. The third-order valence-corrected chi connectivity index (χ3v) is 3.46. The number of hydrogen-bond donors (Lipinski definition) is 1. The van der Waals surface area contributed by atoms with Crippen molar-refractivity contribution >= 4 is 5.78 Å². The van der Waals surface area contributed by atoms with Gasteiger partial charge in [0.2, 0.25) is 0 Å². The van der Waals surface area contributed by atoms with Gasteiger partial charge in [0.05, 0.1) is 5.56 Å². The summed E-state index contributed by atoms with van der Waals surface area (Å²) in [5.74, 6) is 0.794. The molecule has 3 nitrogen and oxygen atoms in total. The van der Waals surface area contributed by atoms with Crippen LogP contribution in [0.4, 0.5) is 0 Å². The molecule has 1 aliphatic rings. The van der Waals surface area contributed by atoms with Crippen molar-refractivity contribution in [2.24, 2.45) is 5.41 Å². The minimum absolute atomic E-state index is 0.114. The molecule has 0 saturated carbocycles. The minimum atomic E-state index is -0.196. The van der Waals surface area contributed by atoms with Gasteiger partial charge in [-0.1, -0.05) is 26.0 Å². The van der Waals surface area contributed by atoms with Crippen molar-refractivity contribution in [1.29, 1.82) is 0 Å². The number of aliphatic hydroxyl groups is 1. The summed E-state index contributed by atoms with van der Waals surface area (Å²) in [5, 5.41) is 9.05. The maximum absolute atomic E-state index is 12.0. The molecule has 1 aromatic rings. The third kappa shape index (κ3) is 2.34. The molecule has 1 atom stereocenters. The van der Waals surface area contributed by atoms with Gasteiger partial charge in [0.15, 0.2) is 5.78 Å². The number of carbonyl (C=O) groups excluding carboxylic acids is 1. The van der Waals surface area contributed by atoms with Crippen LogP contribution >= 0.6 is 0 Å². The van der Waals surface area contributed by atoms with E-state index in [4.69, 9.17) is 9.84 Å². The number of aliphatic hydroxyl groups excluding tert-OH is 1. The molecule has 92 valence electrons. The second-order valence-electron chi connectivity index (χ2n) is 5.19. The van der Waals surface area contributed by atoms with Crippen LogP contribution in [0.2, 0.25) is 0 Å². The summed E-state index contributed by atoms with van der Waals surface area (Å²) < 4.78 is 5.89. The molecule has 1 unspecified atom stereocenters. The molecule has 0 fully saturated rings. The number of Topliss-reactive ketones (excluding diaryl/α,β-unsaturated/α-hetero) is 1. The predicted octanol–water partition coefficient (Wildman–Crippen LogP) is 2.43. The molecule has 1 aliphatic heterocycles. The van der Waals surface area contributed by atoms with Crippen LogP contribution in [0.5, 0.6) is 5.75 Å². The van der Waals surface area contributed by atoms with Crippen LogP contribution in [0.1, 0.15) is 37.0 Å². The van der Waals surface area contributed by atoms with Crippen LogP contribution in [-0.2, 0) is 0 Å². The Hall–Kier alpha value is -1.35. The number of benzene rings is 1. The highest BCUT2D eigenvalue weighted by Gasteiger charge is 2.36. The molecule has 0 aromatic heterocycles. The van der Waals surface area contributed by atoms with E-state index in [0.29, 0.717) is 24.2 Å². The van der Waals surface area contributed by atoms with E-state index in [-0.39, 0.29) is 23.9 Å². The average Bonchev–Trinajstić information content (AvgIpc) is 2.29. The fourth-order valence-corrected chi connectivity index (χ4v) is 2.16. The number of ketones is 1. The van der Waals surface area contributed by atoms with Crippen LogP contribution in [0, 0.1) is 5.41 Å². The zero-order chi connectivity index (χ0) is 12.5. The summed E-state index contributed by atoms with van der Waals surface area (Å²) in [6, 6.07) is 7.34. The SMILES string of the molecule is CC(C)(CCO)C1CC(=O)c2ccccc2O1. The minimum Gasteiger partial charge on any atom is -0.489 e. The lowest BCUT2D eigenvalue weighted by Crippen LogP contribution is -2.40. The highest BCUT2D eigenvalue weighted by atomic mass is 16.5. The molecule has 0 spiro atoms. The molecular weight excluding hydrogens is 216 g/mol. The van der Waals surface area contributed by atoms with Gasteiger partial charge in [0.25, 0.3) is 0 Å². The molecule has 1 aromatic carbocycles. The van der Waals surface area contributed by atoms with E-state index in [1.807, 2.05) is 32.0 Å². The molecule has 3 heteroatoms. The van der Waals surface area contributed by atoms with Crippen molar-refractivity contribution in [3.05, 3.63) is 29.8 Å². The second-order valence-corrected chi connectivity index (χ2v) is 5.19. The van der Waals surface area contributed by atoms with E-state index in [9.17, 15) is 4.79 Å².